The van der Waals surface area contributed by atoms with Crippen molar-refractivity contribution in [3.63, 3.8) is 0 Å². The lowest BCUT2D eigenvalue weighted by atomic mass is 9.53. The topological polar surface area (TPSA) is 37.8 Å². The van der Waals surface area contributed by atoms with Crippen LogP contribution in [0.3, 0.4) is 0 Å². The van der Waals surface area contributed by atoms with E-state index in [1.807, 2.05) is 10.8 Å². The molecular weight excluding hydrogens is 200 g/mol. The molecule has 0 aliphatic heterocycles. The highest BCUT2D eigenvalue weighted by atomic mass is 16.1. The molecule has 0 atom stereocenters. The fraction of sp³-hybridized carbons (Fsp3) is 0.769. The number of hydrogen-bond donors (Lipinski definition) is 1. The first-order chi connectivity index (χ1) is 7.75. The van der Waals surface area contributed by atoms with Crippen LogP contribution in [0.5, 0.6) is 0 Å². The first-order valence-electron chi connectivity index (χ1n) is 6.52. The fourth-order valence-electron chi connectivity index (χ4n) is 5.05. The molecule has 0 amide bonds. The van der Waals surface area contributed by atoms with Gasteiger partial charge in [-0.15, -0.1) is 0 Å². The Kier molecular flexibility index (Phi) is 1.60. The molecular formula is C13H18N2O. The van der Waals surface area contributed by atoms with E-state index in [2.05, 4.69) is 4.98 Å². The smallest absolute Gasteiger partial charge is 0.313 e. The Morgan fingerprint density at radius 3 is 2.12 bits per heavy atom. The van der Waals surface area contributed by atoms with Crippen LogP contribution in [0.1, 0.15) is 38.5 Å². The molecule has 0 radical (unpaired) electrons. The fourth-order valence-corrected chi connectivity index (χ4v) is 5.05. The first kappa shape index (κ1) is 9.08. The molecule has 86 valence electrons. The minimum absolute atomic E-state index is 0.0990. The van der Waals surface area contributed by atoms with Crippen molar-refractivity contribution in [1.29, 1.82) is 0 Å². The summed E-state index contributed by atoms with van der Waals surface area (Å²) in [5, 5.41) is 0. The summed E-state index contributed by atoms with van der Waals surface area (Å²) < 4.78 is 2.01. The van der Waals surface area contributed by atoms with E-state index in [9.17, 15) is 4.79 Å². The van der Waals surface area contributed by atoms with E-state index in [0.717, 1.165) is 17.8 Å². The molecule has 0 spiro atoms. The molecule has 1 aromatic rings. The third kappa shape index (κ3) is 1.06. The normalized spacial score (nSPS) is 45.1. The predicted molar refractivity (Wildman–Crippen MR) is 61.2 cm³/mol. The summed E-state index contributed by atoms with van der Waals surface area (Å²) in [5.41, 5.74) is 0.285. The molecule has 0 unspecified atom stereocenters. The van der Waals surface area contributed by atoms with E-state index in [1.54, 1.807) is 6.20 Å². The number of nitrogens with zero attached hydrogens (tertiary/aromatic N) is 1. The van der Waals surface area contributed by atoms with Crippen LogP contribution in [0.4, 0.5) is 0 Å². The molecule has 4 bridgehead atoms. The molecule has 1 N–H and O–H groups in total. The number of H-pyrrole nitrogens is 1. The summed E-state index contributed by atoms with van der Waals surface area (Å²) in [4.78, 5) is 14.6. The van der Waals surface area contributed by atoms with Crippen molar-refractivity contribution in [3.8, 4) is 0 Å². The van der Waals surface area contributed by atoms with Gasteiger partial charge in [0.15, 0.2) is 0 Å². The molecule has 0 aromatic carbocycles. The molecule has 5 rings (SSSR count). The van der Waals surface area contributed by atoms with Gasteiger partial charge in [0.05, 0.1) is 0 Å². The molecule has 16 heavy (non-hydrogen) atoms. The number of aromatic nitrogens is 2. The van der Waals surface area contributed by atoms with Crippen LogP contribution in [0.15, 0.2) is 17.2 Å². The Labute approximate surface area is 94.9 Å². The Morgan fingerprint density at radius 2 is 1.69 bits per heavy atom. The van der Waals surface area contributed by atoms with Crippen LogP contribution in [0.2, 0.25) is 0 Å². The highest BCUT2D eigenvalue weighted by Crippen LogP contribution is 2.58. The SMILES string of the molecule is O=c1[nH]ccn1C12CC3CC(CC(C3)C1)C2. The summed E-state index contributed by atoms with van der Waals surface area (Å²) in [6.07, 6.45) is 11.8. The van der Waals surface area contributed by atoms with Crippen molar-refractivity contribution in [2.75, 3.05) is 0 Å². The lowest BCUT2D eigenvalue weighted by Crippen LogP contribution is -2.54. The van der Waals surface area contributed by atoms with Crippen LogP contribution >= 0.6 is 0 Å². The summed E-state index contributed by atoms with van der Waals surface area (Å²) >= 11 is 0. The van der Waals surface area contributed by atoms with E-state index in [0.29, 0.717) is 0 Å². The van der Waals surface area contributed by atoms with Crippen molar-refractivity contribution < 1.29 is 0 Å². The van der Waals surface area contributed by atoms with Gasteiger partial charge in [0.2, 0.25) is 0 Å². The average molecular weight is 218 g/mol. The number of nitrogens with one attached hydrogen (secondary N) is 1. The quantitative estimate of drug-likeness (QED) is 0.770. The van der Waals surface area contributed by atoms with Gasteiger partial charge < -0.3 is 4.98 Å². The van der Waals surface area contributed by atoms with Gasteiger partial charge in [0.1, 0.15) is 0 Å². The molecule has 1 heterocycles. The van der Waals surface area contributed by atoms with Crippen molar-refractivity contribution >= 4 is 0 Å². The monoisotopic (exact) mass is 218 g/mol. The van der Waals surface area contributed by atoms with E-state index in [-0.39, 0.29) is 11.2 Å². The summed E-state index contributed by atoms with van der Waals surface area (Å²) in [5.74, 6) is 2.69. The minimum atomic E-state index is 0.0990. The first-order valence-corrected chi connectivity index (χ1v) is 6.52. The van der Waals surface area contributed by atoms with Gasteiger partial charge in [-0.25, -0.2) is 4.79 Å². The maximum absolute atomic E-state index is 11.8. The van der Waals surface area contributed by atoms with E-state index >= 15 is 0 Å². The van der Waals surface area contributed by atoms with Crippen molar-refractivity contribution in [1.82, 2.24) is 9.55 Å². The predicted octanol–water partition coefficient (Wildman–Crippen LogP) is 2.10. The molecule has 4 aliphatic carbocycles. The van der Waals surface area contributed by atoms with Crippen LogP contribution in [-0.4, -0.2) is 9.55 Å². The molecule has 1 aromatic heterocycles. The van der Waals surface area contributed by atoms with Gasteiger partial charge in [-0.3, -0.25) is 4.57 Å². The average Bonchev–Trinajstić information content (AvgIpc) is 2.62. The largest absolute Gasteiger partial charge is 0.325 e. The van der Waals surface area contributed by atoms with Crippen LogP contribution in [0.25, 0.3) is 0 Å². The van der Waals surface area contributed by atoms with Gasteiger partial charge in [-0.1, -0.05) is 0 Å². The lowest BCUT2D eigenvalue weighted by Gasteiger charge is -2.56. The molecule has 3 heteroatoms. The number of imidazole rings is 1. The van der Waals surface area contributed by atoms with Gasteiger partial charge >= 0.3 is 5.69 Å². The summed E-state index contributed by atoms with van der Waals surface area (Å²) in [6.45, 7) is 0. The Bertz CT molecular complexity index is 435. The molecule has 4 aliphatic rings. The zero-order valence-corrected chi connectivity index (χ0v) is 9.48. The summed E-state index contributed by atoms with van der Waals surface area (Å²) in [7, 11) is 0. The highest BCUT2D eigenvalue weighted by molar-refractivity contribution is 5.06. The maximum atomic E-state index is 11.8. The second-order valence-electron chi connectivity index (χ2n) is 6.28. The third-order valence-corrected chi connectivity index (χ3v) is 5.17. The Balaban J connectivity index is 1.82. The second-order valence-corrected chi connectivity index (χ2v) is 6.28. The zero-order chi connectivity index (χ0) is 10.8. The van der Waals surface area contributed by atoms with Gasteiger partial charge in [-0.05, 0) is 56.3 Å². The number of aromatic amines is 1. The van der Waals surface area contributed by atoms with Crippen molar-refractivity contribution in [2.24, 2.45) is 17.8 Å². The molecule has 4 fully saturated rings. The van der Waals surface area contributed by atoms with E-state index in [1.165, 1.54) is 38.5 Å². The van der Waals surface area contributed by atoms with Gasteiger partial charge in [0.25, 0.3) is 0 Å². The standard InChI is InChI=1S/C13H18N2O/c16-12-14-1-2-15(12)13-6-9-3-10(7-13)5-11(4-9)8-13/h1-2,9-11H,3-8H2,(H,14,16). The molecule has 4 saturated carbocycles. The van der Waals surface area contributed by atoms with E-state index in [4.69, 9.17) is 0 Å². The summed E-state index contributed by atoms with van der Waals surface area (Å²) in [6, 6.07) is 0. The van der Waals surface area contributed by atoms with Crippen LogP contribution in [0, 0.1) is 17.8 Å². The van der Waals surface area contributed by atoms with Gasteiger partial charge in [0, 0.05) is 17.9 Å². The third-order valence-electron chi connectivity index (χ3n) is 5.17. The Hall–Kier alpha value is -0.990. The van der Waals surface area contributed by atoms with E-state index < -0.39 is 0 Å². The maximum Gasteiger partial charge on any atom is 0.325 e. The Morgan fingerprint density at radius 1 is 1.12 bits per heavy atom. The minimum Gasteiger partial charge on any atom is -0.313 e. The van der Waals surface area contributed by atoms with Crippen molar-refractivity contribution in [2.45, 2.75) is 44.1 Å². The van der Waals surface area contributed by atoms with Crippen molar-refractivity contribution in [3.05, 3.63) is 22.9 Å². The highest BCUT2D eigenvalue weighted by Gasteiger charge is 2.52. The van der Waals surface area contributed by atoms with Crippen LogP contribution in [-0.2, 0) is 5.54 Å². The molecule has 0 saturated heterocycles. The van der Waals surface area contributed by atoms with Crippen LogP contribution < -0.4 is 5.69 Å². The zero-order valence-electron chi connectivity index (χ0n) is 9.48. The number of hydrogen-bond acceptors (Lipinski definition) is 1. The number of rotatable bonds is 1. The van der Waals surface area contributed by atoms with Gasteiger partial charge in [-0.2, -0.15) is 0 Å². The lowest BCUT2D eigenvalue weighted by molar-refractivity contribution is -0.0446. The molecule has 3 nitrogen and oxygen atoms in total. The second kappa shape index (κ2) is 2.82.